The summed E-state index contributed by atoms with van der Waals surface area (Å²) in [5.74, 6) is 0.970. The molecule has 21 heteroatoms. The highest BCUT2D eigenvalue weighted by atomic mass is 35.5. The SMILES string of the molecule is COc1cc(OCCCC#N)c(Cl)cc1[N+](=O)[O-].COc1cc(OCCO)c(Cl)cc1[N+](=O)[O-].COc1cc(OCCO)c([N+](=O)[O-])cc1Cl. The molecule has 3 aromatic carbocycles. The van der Waals surface area contributed by atoms with Gasteiger partial charge < -0.3 is 38.6 Å². The summed E-state index contributed by atoms with van der Waals surface area (Å²) in [5.41, 5.74) is -0.713. The van der Waals surface area contributed by atoms with E-state index in [1.54, 1.807) is 0 Å². The topological polar surface area (TPSA) is 249 Å². The van der Waals surface area contributed by atoms with Crippen LogP contribution in [0.25, 0.3) is 0 Å². The second-order valence-corrected chi connectivity index (χ2v) is 10.1. The summed E-state index contributed by atoms with van der Waals surface area (Å²) in [4.78, 5) is 30.3. The van der Waals surface area contributed by atoms with Crippen molar-refractivity contribution in [2.45, 2.75) is 12.8 Å². The van der Waals surface area contributed by atoms with E-state index in [1.165, 1.54) is 45.6 Å². The molecule has 0 spiro atoms. The van der Waals surface area contributed by atoms with Crippen LogP contribution in [0.1, 0.15) is 12.8 Å². The Balaban J connectivity index is 0.000000376. The van der Waals surface area contributed by atoms with Crippen molar-refractivity contribution in [1.82, 2.24) is 0 Å². The molecule has 0 radical (unpaired) electrons. The van der Waals surface area contributed by atoms with Crippen molar-refractivity contribution in [1.29, 1.82) is 5.26 Å². The second kappa shape index (κ2) is 22.6. The molecule has 0 saturated carbocycles. The number of nitro groups is 3. The number of benzene rings is 3. The summed E-state index contributed by atoms with van der Waals surface area (Å²) in [6.07, 6.45) is 0.938. The smallest absolute Gasteiger partial charge is 0.312 e. The van der Waals surface area contributed by atoms with Gasteiger partial charge in [-0.2, -0.15) is 5.26 Å². The van der Waals surface area contributed by atoms with Crippen LogP contribution in [0.4, 0.5) is 17.1 Å². The number of nitriles is 1. The fraction of sp³-hybridized carbons (Fsp3) is 0.345. The van der Waals surface area contributed by atoms with Gasteiger partial charge >= 0.3 is 17.1 Å². The number of ether oxygens (including phenoxy) is 6. The van der Waals surface area contributed by atoms with E-state index in [-0.39, 0.29) is 87.3 Å². The van der Waals surface area contributed by atoms with E-state index in [0.717, 1.165) is 12.1 Å². The fourth-order valence-electron chi connectivity index (χ4n) is 3.47. The number of rotatable bonds is 16. The maximum absolute atomic E-state index is 10.7. The third kappa shape index (κ3) is 13.4. The van der Waals surface area contributed by atoms with E-state index in [1.807, 2.05) is 6.07 Å². The summed E-state index contributed by atoms with van der Waals surface area (Å²) >= 11 is 17.4. The molecular formula is C29H31Cl3N4O14. The quantitative estimate of drug-likeness (QED) is 0.0936. The monoisotopic (exact) mass is 764 g/mol. The number of hydrogen-bond acceptors (Lipinski definition) is 15. The Kier molecular flexibility index (Phi) is 19.4. The van der Waals surface area contributed by atoms with Gasteiger partial charge in [-0.1, -0.05) is 34.8 Å². The van der Waals surface area contributed by atoms with E-state index >= 15 is 0 Å². The van der Waals surface area contributed by atoms with Crippen LogP contribution in [0.2, 0.25) is 15.1 Å². The molecule has 3 aromatic rings. The van der Waals surface area contributed by atoms with Crippen molar-refractivity contribution in [3.63, 3.8) is 0 Å². The third-order valence-corrected chi connectivity index (χ3v) is 6.56. The largest absolute Gasteiger partial charge is 0.495 e. The highest BCUT2D eigenvalue weighted by Crippen LogP contribution is 2.39. The second-order valence-electron chi connectivity index (χ2n) is 8.89. The lowest BCUT2D eigenvalue weighted by Crippen LogP contribution is -2.04. The highest BCUT2D eigenvalue weighted by molar-refractivity contribution is 6.33. The number of hydrogen-bond donors (Lipinski definition) is 2. The molecular weight excluding hydrogens is 735 g/mol. The van der Waals surface area contributed by atoms with Crippen molar-refractivity contribution in [3.8, 4) is 40.6 Å². The zero-order chi connectivity index (χ0) is 37.8. The van der Waals surface area contributed by atoms with E-state index in [4.69, 9.17) is 78.7 Å². The Labute approximate surface area is 299 Å². The number of methoxy groups -OCH3 is 3. The van der Waals surface area contributed by atoms with Crippen LogP contribution in [0.15, 0.2) is 36.4 Å². The Hall–Kier alpha value is -5.06. The van der Waals surface area contributed by atoms with Gasteiger partial charge in [0.2, 0.25) is 17.2 Å². The van der Waals surface area contributed by atoms with Crippen LogP contribution in [0.3, 0.4) is 0 Å². The van der Waals surface area contributed by atoms with Crippen LogP contribution in [0.5, 0.6) is 34.5 Å². The van der Waals surface area contributed by atoms with Crippen molar-refractivity contribution >= 4 is 51.9 Å². The number of nitro benzene ring substituents is 3. The molecule has 3 rings (SSSR count). The zero-order valence-electron chi connectivity index (χ0n) is 26.6. The van der Waals surface area contributed by atoms with Crippen LogP contribution in [0, 0.1) is 41.7 Å². The van der Waals surface area contributed by atoms with Crippen LogP contribution in [-0.2, 0) is 0 Å². The molecule has 2 N–H and O–H groups in total. The number of halogens is 3. The first-order valence-electron chi connectivity index (χ1n) is 13.8. The highest BCUT2D eigenvalue weighted by Gasteiger charge is 2.21. The summed E-state index contributed by atoms with van der Waals surface area (Å²) < 4.78 is 30.1. The van der Waals surface area contributed by atoms with E-state index < -0.39 is 14.8 Å². The Morgan fingerprint density at radius 2 is 0.940 bits per heavy atom. The van der Waals surface area contributed by atoms with Crippen LogP contribution >= 0.6 is 34.8 Å². The molecule has 0 bridgehead atoms. The van der Waals surface area contributed by atoms with Gasteiger partial charge in [0.1, 0.15) is 30.5 Å². The van der Waals surface area contributed by atoms with Gasteiger partial charge in [0.25, 0.3) is 0 Å². The molecule has 0 aliphatic heterocycles. The minimum Gasteiger partial charge on any atom is -0.495 e. The molecule has 0 saturated heterocycles. The molecule has 0 aliphatic carbocycles. The third-order valence-electron chi connectivity index (χ3n) is 5.68. The molecule has 0 atom stereocenters. The number of unbranched alkanes of at least 4 members (excludes halogenated alkanes) is 1. The minimum atomic E-state index is -0.613. The molecule has 0 aliphatic rings. The van der Waals surface area contributed by atoms with Crippen LogP contribution in [-0.4, -0.2) is 79.3 Å². The van der Waals surface area contributed by atoms with Gasteiger partial charge in [-0.3, -0.25) is 30.3 Å². The summed E-state index contributed by atoms with van der Waals surface area (Å²) in [6.45, 7) is -0.0711. The fourth-order valence-corrected chi connectivity index (χ4v) is 4.13. The Morgan fingerprint density at radius 3 is 1.30 bits per heavy atom. The lowest BCUT2D eigenvalue weighted by Gasteiger charge is -2.09. The Morgan fingerprint density at radius 1 is 0.600 bits per heavy atom. The first-order chi connectivity index (χ1) is 23.8. The molecule has 0 heterocycles. The van der Waals surface area contributed by atoms with Crippen molar-refractivity contribution < 1.29 is 53.4 Å². The maximum Gasteiger partial charge on any atom is 0.312 e. The lowest BCUT2D eigenvalue weighted by molar-refractivity contribution is -0.386. The predicted octanol–water partition coefficient (Wildman–Crippen LogP) is 6.20. The molecule has 0 unspecified atom stereocenters. The van der Waals surface area contributed by atoms with E-state index in [2.05, 4.69) is 0 Å². The van der Waals surface area contributed by atoms with Gasteiger partial charge in [-0.25, -0.2) is 0 Å². The number of aliphatic hydroxyl groups excluding tert-OH is 2. The zero-order valence-corrected chi connectivity index (χ0v) is 28.9. The van der Waals surface area contributed by atoms with Gasteiger partial charge in [-0.05, 0) is 6.42 Å². The van der Waals surface area contributed by atoms with Crippen molar-refractivity contribution in [2.75, 3.05) is 54.4 Å². The summed E-state index contributed by atoms with van der Waals surface area (Å²) in [6, 6.07) is 9.46. The molecule has 272 valence electrons. The van der Waals surface area contributed by atoms with Gasteiger partial charge in [-0.15, -0.1) is 0 Å². The average Bonchev–Trinajstić information content (AvgIpc) is 3.09. The normalized spacial score (nSPS) is 9.82. The van der Waals surface area contributed by atoms with Crippen molar-refractivity contribution in [3.05, 3.63) is 81.8 Å². The number of nitrogens with zero attached hydrogens (tertiary/aromatic N) is 4. The van der Waals surface area contributed by atoms with Gasteiger partial charge in [0.15, 0.2) is 0 Å². The summed E-state index contributed by atoms with van der Waals surface area (Å²) in [7, 11) is 4.03. The summed E-state index contributed by atoms with van der Waals surface area (Å²) in [5, 5.41) is 58.0. The Bertz CT molecular complexity index is 1660. The molecule has 0 amide bonds. The van der Waals surface area contributed by atoms with Gasteiger partial charge in [0.05, 0.1) is 77.1 Å². The molecule has 18 nitrogen and oxygen atoms in total. The minimum absolute atomic E-state index is 0.0142. The van der Waals surface area contributed by atoms with Gasteiger partial charge in [0, 0.05) is 42.8 Å². The first kappa shape index (κ1) is 43.0. The van der Waals surface area contributed by atoms with E-state index in [9.17, 15) is 30.3 Å². The average molecular weight is 766 g/mol. The lowest BCUT2D eigenvalue weighted by atomic mass is 10.2. The molecule has 50 heavy (non-hydrogen) atoms. The first-order valence-corrected chi connectivity index (χ1v) is 15.0. The maximum atomic E-state index is 10.7. The van der Waals surface area contributed by atoms with Crippen molar-refractivity contribution in [2.24, 2.45) is 0 Å². The predicted molar refractivity (Wildman–Crippen MR) is 179 cm³/mol. The van der Waals surface area contributed by atoms with E-state index in [0.29, 0.717) is 25.2 Å². The molecule has 0 fully saturated rings. The van der Waals surface area contributed by atoms with Crippen LogP contribution < -0.4 is 28.4 Å². The number of aliphatic hydroxyl groups is 2. The standard InChI is InChI=1S/C11H11ClN2O4.2C9H10ClNO5/c1-17-11-7-10(18-5-3-2-4-13)8(12)6-9(11)14(15)16;1-15-9-5-8(16-3-2-12)6(10)4-7(9)11(13)14;1-15-8-5-9(16-3-2-12)7(11(13)14)4-6(8)10/h6-7H,2-3,5H2,1H3;2*4-5,12H,2-3H2,1H3. The molecule has 0 aromatic heterocycles.